The molecule has 1 saturated heterocycles. The monoisotopic (exact) mass is 299 g/mol. The van der Waals surface area contributed by atoms with Gasteiger partial charge >= 0.3 is 0 Å². The maximum Gasteiger partial charge on any atom is 0.258 e. The lowest BCUT2D eigenvalue weighted by Gasteiger charge is -2.27. The Balaban J connectivity index is 1.73. The van der Waals surface area contributed by atoms with Crippen LogP contribution in [0.4, 0.5) is 11.6 Å². The number of pyridine rings is 1. The highest BCUT2D eigenvalue weighted by Crippen LogP contribution is 2.19. The van der Waals surface area contributed by atoms with E-state index in [1.807, 2.05) is 0 Å². The quantitative estimate of drug-likeness (QED) is 0.894. The van der Waals surface area contributed by atoms with Crippen LogP contribution in [0.3, 0.4) is 0 Å². The first-order chi connectivity index (χ1) is 10.7. The molecule has 0 spiro atoms. The smallest absolute Gasteiger partial charge is 0.258 e. The third kappa shape index (κ3) is 3.30. The number of piperidine rings is 1. The Morgan fingerprint density at radius 2 is 2.00 bits per heavy atom. The molecule has 1 fully saturated rings. The molecule has 2 N–H and O–H groups in total. The van der Waals surface area contributed by atoms with Crippen LogP contribution in [0.2, 0.25) is 0 Å². The Bertz CT molecular complexity index is 701. The number of nitrogens with zero attached hydrogens (tertiary/aromatic N) is 3. The van der Waals surface area contributed by atoms with Gasteiger partial charge in [0.05, 0.1) is 5.56 Å². The first kappa shape index (κ1) is 14.2. The average Bonchev–Trinajstić information content (AvgIpc) is 2.56. The Morgan fingerprint density at radius 1 is 1.18 bits per heavy atom. The van der Waals surface area contributed by atoms with Crippen molar-refractivity contribution in [3.8, 4) is 0 Å². The van der Waals surface area contributed by atoms with E-state index in [4.69, 9.17) is 0 Å². The van der Waals surface area contributed by atoms with Gasteiger partial charge in [-0.25, -0.2) is 9.97 Å². The molecule has 0 saturated carbocycles. The van der Waals surface area contributed by atoms with Crippen molar-refractivity contribution in [2.24, 2.45) is 0 Å². The van der Waals surface area contributed by atoms with Crippen LogP contribution in [0.15, 0.2) is 35.5 Å². The number of aromatic amines is 1. The van der Waals surface area contributed by atoms with Gasteiger partial charge < -0.3 is 15.2 Å². The summed E-state index contributed by atoms with van der Waals surface area (Å²) < 4.78 is 0. The number of rotatable bonds is 3. The summed E-state index contributed by atoms with van der Waals surface area (Å²) >= 11 is 0. The van der Waals surface area contributed by atoms with E-state index in [9.17, 15) is 9.59 Å². The van der Waals surface area contributed by atoms with Gasteiger partial charge in [0.2, 0.25) is 5.56 Å². The zero-order chi connectivity index (χ0) is 15.4. The van der Waals surface area contributed by atoms with Crippen LogP contribution in [-0.2, 0) is 0 Å². The molecule has 0 bridgehead atoms. The first-order valence-electron chi connectivity index (χ1n) is 7.29. The minimum atomic E-state index is -0.320. The van der Waals surface area contributed by atoms with Gasteiger partial charge in [-0.3, -0.25) is 9.59 Å². The number of carbonyl (C=O) groups excluding carboxylic acids is 1. The fourth-order valence-corrected chi connectivity index (χ4v) is 2.45. The number of hydrogen-bond acceptors (Lipinski definition) is 5. The lowest BCUT2D eigenvalue weighted by molar-refractivity contribution is 0.102. The number of nitrogens with one attached hydrogen (secondary N) is 2. The maximum atomic E-state index is 12.1. The van der Waals surface area contributed by atoms with Crippen LogP contribution in [0.5, 0.6) is 0 Å². The van der Waals surface area contributed by atoms with Crippen molar-refractivity contribution in [1.82, 2.24) is 15.0 Å². The van der Waals surface area contributed by atoms with Gasteiger partial charge in [0.1, 0.15) is 18.0 Å². The van der Waals surface area contributed by atoms with Crippen molar-refractivity contribution in [2.75, 3.05) is 23.3 Å². The average molecular weight is 299 g/mol. The summed E-state index contributed by atoms with van der Waals surface area (Å²) in [5, 5.41) is 2.72. The van der Waals surface area contributed by atoms with E-state index in [0.29, 0.717) is 11.4 Å². The van der Waals surface area contributed by atoms with E-state index in [-0.39, 0.29) is 11.5 Å². The highest BCUT2D eigenvalue weighted by atomic mass is 16.2. The molecule has 0 aromatic carbocycles. The van der Waals surface area contributed by atoms with Crippen molar-refractivity contribution in [2.45, 2.75) is 19.3 Å². The standard InChI is InChI=1S/C15H17N5O2/c21-14-5-4-11(9-16-14)15(22)19-12-8-13(18-10-17-12)20-6-2-1-3-7-20/h4-5,8-10H,1-3,6-7H2,(H,16,21)(H,17,18,19,22). The predicted octanol–water partition coefficient (Wildman–Crippen LogP) is 1.41. The van der Waals surface area contributed by atoms with E-state index in [2.05, 4.69) is 25.2 Å². The molecule has 0 atom stereocenters. The summed E-state index contributed by atoms with van der Waals surface area (Å²) in [5.41, 5.74) is 0.128. The number of H-pyrrole nitrogens is 1. The van der Waals surface area contributed by atoms with Crippen molar-refractivity contribution in [3.63, 3.8) is 0 Å². The fourth-order valence-electron chi connectivity index (χ4n) is 2.45. The molecular formula is C15H17N5O2. The third-order valence-corrected chi connectivity index (χ3v) is 3.62. The van der Waals surface area contributed by atoms with Gasteiger partial charge in [-0.05, 0) is 25.3 Å². The molecular weight excluding hydrogens is 282 g/mol. The molecule has 7 nitrogen and oxygen atoms in total. The van der Waals surface area contributed by atoms with Crippen molar-refractivity contribution < 1.29 is 4.79 Å². The molecule has 1 aliphatic heterocycles. The fraction of sp³-hybridized carbons (Fsp3) is 0.333. The molecule has 114 valence electrons. The molecule has 1 aliphatic rings. The van der Waals surface area contributed by atoms with Crippen LogP contribution >= 0.6 is 0 Å². The molecule has 0 unspecified atom stereocenters. The second kappa shape index (κ2) is 6.38. The molecule has 3 heterocycles. The largest absolute Gasteiger partial charge is 0.356 e. The van der Waals surface area contributed by atoms with Crippen molar-refractivity contribution in [1.29, 1.82) is 0 Å². The van der Waals surface area contributed by atoms with Crippen molar-refractivity contribution >= 4 is 17.5 Å². The molecule has 7 heteroatoms. The first-order valence-corrected chi connectivity index (χ1v) is 7.29. The minimum Gasteiger partial charge on any atom is -0.356 e. The Morgan fingerprint density at radius 3 is 2.73 bits per heavy atom. The molecule has 0 radical (unpaired) electrons. The Kier molecular flexibility index (Phi) is 4.13. The molecule has 2 aromatic heterocycles. The van der Waals surface area contributed by atoms with Crippen molar-refractivity contribution in [3.05, 3.63) is 46.6 Å². The number of hydrogen-bond donors (Lipinski definition) is 2. The van der Waals surface area contributed by atoms with Crippen LogP contribution < -0.4 is 15.8 Å². The van der Waals surface area contributed by atoms with Crippen LogP contribution in [0.1, 0.15) is 29.6 Å². The lowest BCUT2D eigenvalue weighted by Crippen LogP contribution is -2.30. The Hall–Kier alpha value is -2.70. The van der Waals surface area contributed by atoms with E-state index >= 15 is 0 Å². The van der Waals surface area contributed by atoms with Crippen LogP contribution in [0.25, 0.3) is 0 Å². The van der Waals surface area contributed by atoms with E-state index in [0.717, 1.165) is 31.7 Å². The number of amides is 1. The SMILES string of the molecule is O=C(Nc1cc(N2CCCCC2)ncn1)c1ccc(=O)[nH]c1. The predicted molar refractivity (Wildman–Crippen MR) is 83.1 cm³/mol. The number of aromatic nitrogens is 3. The van der Waals surface area contributed by atoms with Gasteiger partial charge in [-0.15, -0.1) is 0 Å². The van der Waals surface area contributed by atoms with Gasteiger partial charge in [-0.2, -0.15) is 0 Å². The molecule has 2 aromatic rings. The van der Waals surface area contributed by atoms with E-state index in [1.165, 1.54) is 31.1 Å². The van der Waals surface area contributed by atoms with Crippen LogP contribution in [-0.4, -0.2) is 33.9 Å². The number of anilines is 2. The third-order valence-electron chi connectivity index (χ3n) is 3.62. The van der Waals surface area contributed by atoms with Gasteiger partial charge in [0.25, 0.3) is 5.91 Å². The minimum absolute atomic E-state index is 0.244. The summed E-state index contributed by atoms with van der Waals surface area (Å²) in [6, 6.07) is 4.56. The highest BCUT2D eigenvalue weighted by Gasteiger charge is 2.14. The second-order valence-electron chi connectivity index (χ2n) is 5.20. The van der Waals surface area contributed by atoms with Crippen LogP contribution in [0, 0.1) is 0 Å². The zero-order valence-corrected chi connectivity index (χ0v) is 12.1. The Labute approximate surface area is 127 Å². The van der Waals surface area contributed by atoms with E-state index in [1.54, 1.807) is 6.07 Å². The zero-order valence-electron chi connectivity index (χ0n) is 12.1. The highest BCUT2D eigenvalue weighted by molar-refractivity contribution is 6.03. The lowest BCUT2D eigenvalue weighted by atomic mass is 10.1. The normalized spacial score (nSPS) is 14.6. The van der Waals surface area contributed by atoms with Gasteiger partial charge in [0, 0.05) is 31.4 Å². The summed E-state index contributed by atoms with van der Waals surface area (Å²) in [6.07, 6.45) is 6.39. The number of carbonyl (C=O) groups is 1. The second-order valence-corrected chi connectivity index (χ2v) is 5.20. The summed E-state index contributed by atoms with van der Waals surface area (Å²) in [7, 11) is 0. The summed E-state index contributed by atoms with van der Waals surface area (Å²) in [5.74, 6) is 0.956. The topological polar surface area (TPSA) is 91.0 Å². The summed E-state index contributed by atoms with van der Waals surface area (Å²) in [4.78, 5) is 36.1. The maximum absolute atomic E-state index is 12.1. The van der Waals surface area contributed by atoms with E-state index < -0.39 is 0 Å². The van der Waals surface area contributed by atoms with Gasteiger partial charge in [-0.1, -0.05) is 0 Å². The van der Waals surface area contributed by atoms with Gasteiger partial charge in [0.15, 0.2) is 0 Å². The molecule has 22 heavy (non-hydrogen) atoms. The summed E-state index contributed by atoms with van der Waals surface area (Å²) in [6.45, 7) is 1.95. The molecule has 3 rings (SSSR count). The molecule has 0 aliphatic carbocycles. The molecule has 1 amide bonds.